The normalized spacial score (nSPS) is 28.0. The van der Waals surface area contributed by atoms with Crippen molar-refractivity contribution in [3.05, 3.63) is 76.5 Å². The molecule has 0 bridgehead atoms. The number of phenols is 4. The van der Waals surface area contributed by atoms with Crippen molar-refractivity contribution in [1.29, 1.82) is 0 Å². The van der Waals surface area contributed by atoms with Gasteiger partial charge in [0.1, 0.15) is 70.9 Å². The second-order valence-electron chi connectivity index (χ2n) is 12.8. The number of rotatable bonds is 11. The first kappa shape index (κ1) is 40.2. The molecule has 0 saturated carbocycles. The Morgan fingerprint density at radius 2 is 1.45 bits per heavy atom. The van der Waals surface area contributed by atoms with E-state index in [1.807, 2.05) is 0 Å². The summed E-state index contributed by atoms with van der Waals surface area (Å²) in [5.74, 6) is -3.62. The number of methoxy groups -OCH3 is 1. The summed E-state index contributed by atoms with van der Waals surface area (Å²) < 4.78 is 39.9. The van der Waals surface area contributed by atoms with Crippen LogP contribution in [0, 0.1) is 0 Å². The van der Waals surface area contributed by atoms with Crippen LogP contribution in [-0.2, 0) is 23.7 Å². The summed E-state index contributed by atoms with van der Waals surface area (Å²) in [6.45, 7) is -1.78. The molecule has 10 N–H and O–H groups in total. The third kappa shape index (κ3) is 8.07. The summed E-state index contributed by atoms with van der Waals surface area (Å²) in [7, 11) is 1.31. The molecule has 2 saturated heterocycles. The molecule has 300 valence electrons. The Labute approximate surface area is 315 Å². The Kier molecular flexibility index (Phi) is 12.0. The Morgan fingerprint density at radius 1 is 0.768 bits per heavy atom. The highest BCUT2D eigenvalue weighted by Gasteiger charge is 2.53. The van der Waals surface area contributed by atoms with E-state index in [4.69, 9.17) is 32.8 Å². The van der Waals surface area contributed by atoms with Crippen molar-refractivity contribution in [3.8, 4) is 45.8 Å². The number of aliphatic hydroxyl groups excluding tert-OH is 6. The van der Waals surface area contributed by atoms with Crippen molar-refractivity contribution in [3.63, 3.8) is 0 Å². The van der Waals surface area contributed by atoms with Crippen molar-refractivity contribution in [2.45, 2.75) is 61.4 Å². The van der Waals surface area contributed by atoms with Gasteiger partial charge in [-0.15, -0.1) is 0 Å². The monoisotopic (exact) mass is 786 g/mol. The Balaban J connectivity index is 1.45. The van der Waals surface area contributed by atoms with Gasteiger partial charge in [-0.3, -0.25) is 4.79 Å². The van der Waals surface area contributed by atoms with Gasteiger partial charge in [0.15, 0.2) is 29.7 Å². The molecule has 19 heteroatoms. The minimum Gasteiger partial charge on any atom is -0.508 e. The maximum Gasteiger partial charge on any atom is 0.331 e. The molecular weight excluding hydrogens is 748 g/mol. The van der Waals surface area contributed by atoms with E-state index in [-0.39, 0.29) is 34.2 Å². The number of hydrogen-bond donors (Lipinski definition) is 10. The lowest BCUT2D eigenvalue weighted by Crippen LogP contribution is -2.66. The number of fused-ring (bicyclic) bond motifs is 1. The van der Waals surface area contributed by atoms with Crippen molar-refractivity contribution in [2.75, 3.05) is 20.3 Å². The van der Waals surface area contributed by atoms with E-state index in [1.165, 1.54) is 55.7 Å². The first-order valence-electron chi connectivity index (χ1n) is 16.9. The summed E-state index contributed by atoms with van der Waals surface area (Å²) in [5, 5.41) is 103. The summed E-state index contributed by atoms with van der Waals surface area (Å²) in [6, 6.07) is 11.2. The predicted molar refractivity (Wildman–Crippen MR) is 188 cm³/mol. The summed E-state index contributed by atoms with van der Waals surface area (Å²) >= 11 is 0. The average molecular weight is 787 g/mol. The topological polar surface area (TPSA) is 305 Å². The van der Waals surface area contributed by atoms with Crippen LogP contribution < -0.4 is 14.9 Å². The average Bonchev–Trinajstić information content (AvgIpc) is 3.17. The molecule has 10 atom stereocenters. The van der Waals surface area contributed by atoms with Crippen LogP contribution in [0.5, 0.6) is 34.5 Å². The Hall–Kier alpha value is -5.48. The van der Waals surface area contributed by atoms with Gasteiger partial charge in [0.25, 0.3) is 0 Å². The number of aliphatic hydroxyl groups is 6. The van der Waals surface area contributed by atoms with Crippen LogP contribution in [0.15, 0.2) is 69.9 Å². The molecule has 0 amide bonds. The molecule has 6 rings (SSSR count). The van der Waals surface area contributed by atoms with E-state index in [0.29, 0.717) is 5.56 Å². The molecular formula is C37H38O19. The van der Waals surface area contributed by atoms with Gasteiger partial charge in [-0.25, -0.2) is 4.79 Å². The predicted octanol–water partition coefficient (Wildman–Crippen LogP) is -0.442. The SMILES string of the molecule is COc1cc(/C=C/C(=O)O[C@H]2[C@H](Oc3c(-c4ccc(O)cc4)oc4cc(O)cc(O)c4c3=O)O[C@H](CO)[C@@H](O)[C@@H]2O[C@@H]2O[C@H](CO)[C@@H](O)[C@H](O)[C@H]2O)ccc1O. The third-order valence-corrected chi connectivity index (χ3v) is 9.09. The van der Waals surface area contributed by atoms with Gasteiger partial charge in [0.05, 0.1) is 20.3 Å². The van der Waals surface area contributed by atoms with Crippen LogP contribution in [0.3, 0.4) is 0 Å². The van der Waals surface area contributed by atoms with Gasteiger partial charge < -0.3 is 83.9 Å². The molecule has 0 unspecified atom stereocenters. The minimum absolute atomic E-state index is 0.0840. The molecule has 4 aromatic rings. The quantitative estimate of drug-likeness (QED) is 0.0680. The van der Waals surface area contributed by atoms with E-state index in [2.05, 4.69) is 0 Å². The number of hydrogen-bond acceptors (Lipinski definition) is 19. The molecule has 19 nitrogen and oxygen atoms in total. The van der Waals surface area contributed by atoms with Crippen LogP contribution in [0.1, 0.15) is 5.56 Å². The summed E-state index contributed by atoms with van der Waals surface area (Å²) in [5.41, 5.74) is -0.861. The molecule has 2 fully saturated rings. The number of phenolic OH excluding ortho intramolecular Hbond substituents is 4. The maximum atomic E-state index is 14.1. The Morgan fingerprint density at radius 3 is 2.12 bits per heavy atom. The Bertz CT molecular complexity index is 2110. The van der Waals surface area contributed by atoms with E-state index in [0.717, 1.165) is 18.2 Å². The first-order valence-corrected chi connectivity index (χ1v) is 16.9. The van der Waals surface area contributed by atoms with Crippen LogP contribution in [0.25, 0.3) is 28.4 Å². The fourth-order valence-electron chi connectivity index (χ4n) is 6.18. The van der Waals surface area contributed by atoms with E-state index in [1.54, 1.807) is 0 Å². The summed E-state index contributed by atoms with van der Waals surface area (Å²) in [4.78, 5) is 27.6. The molecule has 0 radical (unpaired) electrons. The zero-order chi connectivity index (χ0) is 40.4. The smallest absolute Gasteiger partial charge is 0.331 e. The third-order valence-electron chi connectivity index (χ3n) is 9.09. The van der Waals surface area contributed by atoms with Crippen LogP contribution in [-0.4, -0.2) is 139 Å². The fraction of sp³-hybridized carbons (Fsp3) is 0.351. The van der Waals surface area contributed by atoms with Crippen molar-refractivity contribution >= 4 is 23.0 Å². The zero-order valence-corrected chi connectivity index (χ0v) is 29.2. The second-order valence-corrected chi connectivity index (χ2v) is 12.8. The highest BCUT2D eigenvalue weighted by molar-refractivity contribution is 5.89. The maximum absolute atomic E-state index is 14.1. The minimum atomic E-state index is -2.01. The molecule has 0 spiro atoms. The zero-order valence-electron chi connectivity index (χ0n) is 29.2. The largest absolute Gasteiger partial charge is 0.508 e. The standard InChI is InChI=1S/C37H38O19/c1-50-21-10-15(2-8-19(21)42)3-9-25(44)54-35-33(55-36-31(49)30(48)27(45)23(13-38)52-36)28(46)24(14-39)53-37(35)56-34-29(47)26-20(43)11-18(41)12-22(26)51-32(34)16-4-6-17(40)7-5-16/h2-12,23-24,27-28,30-31,33,35-43,45-46,48-49H,13-14H2,1H3/b9-3+/t23-,24-,27-,28-,30+,31-,33+,35-,36+,37+/m1/s1. The van der Waals surface area contributed by atoms with Crippen LogP contribution in [0.4, 0.5) is 0 Å². The number of esters is 1. The highest BCUT2D eigenvalue weighted by Crippen LogP contribution is 2.39. The number of carbonyl (C=O) groups excluding carboxylic acids is 1. The highest BCUT2D eigenvalue weighted by atomic mass is 16.7. The summed E-state index contributed by atoms with van der Waals surface area (Å²) in [6.07, 6.45) is -16.3. The van der Waals surface area contributed by atoms with E-state index >= 15 is 0 Å². The lowest BCUT2D eigenvalue weighted by Gasteiger charge is -2.46. The molecule has 2 aliphatic rings. The first-order chi connectivity index (χ1) is 26.7. The lowest BCUT2D eigenvalue weighted by atomic mass is 9.96. The van der Waals surface area contributed by atoms with Crippen molar-refractivity contribution < 1.29 is 88.7 Å². The number of ether oxygens (including phenoxy) is 6. The van der Waals surface area contributed by atoms with Crippen LogP contribution >= 0.6 is 0 Å². The molecule has 0 aliphatic carbocycles. The van der Waals surface area contributed by atoms with Gasteiger partial charge in [-0.2, -0.15) is 0 Å². The number of benzene rings is 3. The van der Waals surface area contributed by atoms with E-state index in [9.17, 15) is 60.7 Å². The molecule has 1 aromatic heterocycles. The van der Waals surface area contributed by atoms with Crippen LogP contribution in [0.2, 0.25) is 0 Å². The van der Waals surface area contributed by atoms with E-state index < -0.39 is 109 Å². The van der Waals surface area contributed by atoms with Gasteiger partial charge in [-0.1, -0.05) is 6.07 Å². The van der Waals surface area contributed by atoms with Gasteiger partial charge in [0.2, 0.25) is 17.5 Å². The number of aromatic hydroxyl groups is 4. The number of carbonyl (C=O) groups is 1. The molecule has 3 aromatic carbocycles. The molecule has 56 heavy (non-hydrogen) atoms. The van der Waals surface area contributed by atoms with Crippen molar-refractivity contribution in [2.24, 2.45) is 0 Å². The molecule has 3 heterocycles. The molecule has 2 aliphatic heterocycles. The van der Waals surface area contributed by atoms with Crippen molar-refractivity contribution in [1.82, 2.24) is 0 Å². The second kappa shape index (κ2) is 16.7. The van der Waals surface area contributed by atoms with Gasteiger partial charge in [0, 0.05) is 23.8 Å². The fourth-order valence-corrected chi connectivity index (χ4v) is 6.18. The van der Waals surface area contributed by atoms with Gasteiger partial charge in [-0.05, 0) is 48.0 Å². The lowest BCUT2D eigenvalue weighted by molar-refractivity contribution is -0.353. The van der Waals surface area contributed by atoms with Gasteiger partial charge >= 0.3 is 5.97 Å².